The maximum atomic E-state index is 4.41. The van der Waals surface area contributed by atoms with E-state index >= 15 is 0 Å². The summed E-state index contributed by atoms with van der Waals surface area (Å²) in [6, 6.07) is 0.759. The minimum Gasteiger partial charge on any atom is -0.356 e. The summed E-state index contributed by atoms with van der Waals surface area (Å²) in [5, 5.41) is 16.7. The number of guanidine groups is 1. The van der Waals surface area contributed by atoms with Crippen molar-refractivity contribution in [2.75, 3.05) is 39.5 Å². The lowest BCUT2D eigenvalue weighted by Gasteiger charge is -2.35. The Hall–Kier alpha value is -1.28. The van der Waals surface area contributed by atoms with E-state index in [-0.39, 0.29) is 0 Å². The van der Waals surface area contributed by atoms with E-state index in [1.165, 1.54) is 32.2 Å². The van der Waals surface area contributed by atoms with Gasteiger partial charge in [0.05, 0.1) is 0 Å². The van der Waals surface area contributed by atoms with Crippen molar-refractivity contribution in [1.29, 1.82) is 0 Å². The number of nitrogens with one attached hydrogen (secondary N) is 2. The first-order chi connectivity index (χ1) is 14.1. The zero-order valence-electron chi connectivity index (χ0n) is 19.1. The van der Waals surface area contributed by atoms with Crippen LogP contribution < -0.4 is 10.6 Å². The first-order valence-corrected chi connectivity index (χ1v) is 12.5. The molecule has 7 nitrogen and oxygen atoms in total. The zero-order chi connectivity index (χ0) is 21.1. The monoisotopic (exact) mass is 423 g/mol. The van der Waals surface area contributed by atoms with Crippen LogP contribution in [0.3, 0.4) is 0 Å². The molecule has 1 fully saturated rings. The third kappa shape index (κ3) is 7.81. The molecule has 0 aliphatic carbocycles. The lowest BCUT2D eigenvalue weighted by molar-refractivity contribution is 0.147. The number of hydrogen-bond acceptors (Lipinski definition) is 5. The Labute approximate surface area is 181 Å². The van der Waals surface area contributed by atoms with E-state index in [0.717, 1.165) is 62.0 Å². The van der Waals surface area contributed by atoms with Gasteiger partial charge in [0.25, 0.3) is 0 Å². The van der Waals surface area contributed by atoms with Crippen molar-refractivity contribution in [2.45, 2.75) is 77.0 Å². The summed E-state index contributed by atoms with van der Waals surface area (Å²) in [7, 11) is 1.84. The Morgan fingerprint density at radius 2 is 2.03 bits per heavy atom. The molecule has 2 N–H and O–H groups in total. The number of hydrogen-bond donors (Lipinski definition) is 2. The van der Waals surface area contributed by atoms with Gasteiger partial charge in [0, 0.05) is 45.7 Å². The molecular formula is C21H41N7S. The van der Waals surface area contributed by atoms with E-state index in [9.17, 15) is 0 Å². The summed E-state index contributed by atoms with van der Waals surface area (Å²) in [6.45, 7) is 11.9. The number of piperidine rings is 1. The molecule has 166 valence electrons. The average molecular weight is 424 g/mol. The molecule has 0 radical (unpaired) electrons. The molecule has 1 saturated heterocycles. The summed E-state index contributed by atoms with van der Waals surface area (Å²) in [5.41, 5.74) is 0. The van der Waals surface area contributed by atoms with Gasteiger partial charge in [-0.15, -0.1) is 10.2 Å². The van der Waals surface area contributed by atoms with Gasteiger partial charge in [-0.25, -0.2) is 0 Å². The number of aromatic nitrogens is 3. The summed E-state index contributed by atoms with van der Waals surface area (Å²) in [4.78, 5) is 7.00. The van der Waals surface area contributed by atoms with Crippen LogP contribution in [0.15, 0.2) is 10.1 Å². The van der Waals surface area contributed by atoms with Crippen LogP contribution in [0.4, 0.5) is 0 Å². The van der Waals surface area contributed by atoms with Crippen molar-refractivity contribution < 1.29 is 0 Å². The SMILES string of the molecule is CCC1CCCCN1CCNC(=NC)NCCCc1nnc(SC)n1CC(C)C. The lowest BCUT2D eigenvalue weighted by Crippen LogP contribution is -2.46. The average Bonchev–Trinajstić information content (AvgIpc) is 3.10. The number of nitrogens with zero attached hydrogens (tertiary/aromatic N) is 5. The topological polar surface area (TPSA) is 70.4 Å². The van der Waals surface area contributed by atoms with Crippen molar-refractivity contribution in [1.82, 2.24) is 30.3 Å². The van der Waals surface area contributed by atoms with Crippen molar-refractivity contribution >= 4 is 17.7 Å². The number of rotatable bonds is 11. The van der Waals surface area contributed by atoms with Crippen molar-refractivity contribution in [3.8, 4) is 0 Å². The Morgan fingerprint density at radius 1 is 1.24 bits per heavy atom. The standard InChI is InChI=1S/C21H41N7S/c1-6-18-10-7-8-14-27(18)15-13-24-20(22-4)23-12-9-11-19-25-26-21(29-5)28(19)16-17(2)3/h17-18H,6-16H2,1-5H3,(H2,22,23,24). The van der Waals surface area contributed by atoms with Gasteiger partial charge in [-0.2, -0.15) is 0 Å². The molecule has 1 aliphatic heterocycles. The van der Waals surface area contributed by atoms with Crippen LogP contribution in [-0.4, -0.2) is 71.1 Å². The molecule has 1 atom stereocenters. The molecule has 1 aromatic heterocycles. The molecule has 0 bridgehead atoms. The number of likely N-dealkylation sites (tertiary alicyclic amines) is 1. The third-order valence-electron chi connectivity index (χ3n) is 5.53. The highest BCUT2D eigenvalue weighted by molar-refractivity contribution is 7.98. The number of thioether (sulfide) groups is 1. The van der Waals surface area contributed by atoms with Crippen LogP contribution in [0, 0.1) is 5.92 Å². The zero-order valence-corrected chi connectivity index (χ0v) is 19.9. The molecule has 0 amide bonds. The quantitative estimate of drug-likeness (QED) is 0.247. The number of aryl methyl sites for hydroxylation is 1. The molecule has 2 rings (SSSR count). The molecule has 2 heterocycles. The van der Waals surface area contributed by atoms with Gasteiger partial charge in [0.2, 0.25) is 0 Å². The molecule has 1 aliphatic rings. The second-order valence-electron chi connectivity index (χ2n) is 8.23. The summed E-state index contributed by atoms with van der Waals surface area (Å²) < 4.78 is 2.27. The first-order valence-electron chi connectivity index (χ1n) is 11.2. The van der Waals surface area contributed by atoms with Crippen LogP contribution in [0.1, 0.15) is 58.7 Å². The van der Waals surface area contributed by atoms with Gasteiger partial charge in [-0.1, -0.05) is 39.0 Å². The fraction of sp³-hybridized carbons (Fsp3) is 0.857. The van der Waals surface area contributed by atoms with Gasteiger partial charge in [0.1, 0.15) is 5.82 Å². The van der Waals surface area contributed by atoms with Gasteiger partial charge in [-0.05, 0) is 44.4 Å². The Kier molecular flexibility index (Phi) is 10.8. The van der Waals surface area contributed by atoms with Crippen molar-refractivity contribution in [3.05, 3.63) is 5.82 Å². The van der Waals surface area contributed by atoms with E-state index in [1.807, 2.05) is 7.05 Å². The Balaban J connectivity index is 1.70. The highest BCUT2D eigenvalue weighted by atomic mass is 32.2. The second kappa shape index (κ2) is 13.1. The summed E-state index contributed by atoms with van der Waals surface area (Å²) in [6.07, 6.45) is 9.33. The predicted molar refractivity (Wildman–Crippen MR) is 124 cm³/mol. The Bertz CT molecular complexity index is 614. The van der Waals surface area contributed by atoms with Crippen LogP contribution in [0.5, 0.6) is 0 Å². The molecule has 1 unspecified atom stereocenters. The lowest BCUT2D eigenvalue weighted by atomic mass is 10.0. The summed E-state index contributed by atoms with van der Waals surface area (Å²) in [5.74, 6) is 2.57. The van der Waals surface area contributed by atoms with Crippen LogP contribution >= 0.6 is 11.8 Å². The maximum Gasteiger partial charge on any atom is 0.191 e. The minimum atomic E-state index is 0.587. The van der Waals surface area contributed by atoms with Gasteiger partial charge in [0.15, 0.2) is 11.1 Å². The smallest absolute Gasteiger partial charge is 0.191 e. The van der Waals surface area contributed by atoms with Crippen molar-refractivity contribution in [2.24, 2.45) is 10.9 Å². The molecular weight excluding hydrogens is 382 g/mol. The van der Waals surface area contributed by atoms with Crippen LogP contribution in [0.2, 0.25) is 0 Å². The minimum absolute atomic E-state index is 0.587. The van der Waals surface area contributed by atoms with Gasteiger partial charge >= 0.3 is 0 Å². The summed E-state index contributed by atoms with van der Waals surface area (Å²) >= 11 is 1.67. The third-order valence-corrected chi connectivity index (χ3v) is 6.20. The molecule has 0 saturated carbocycles. The molecule has 29 heavy (non-hydrogen) atoms. The predicted octanol–water partition coefficient (Wildman–Crippen LogP) is 3.02. The fourth-order valence-corrected chi connectivity index (χ4v) is 4.53. The maximum absolute atomic E-state index is 4.41. The number of aliphatic imine (C=N–C) groups is 1. The van der Waals surface area contributed by atoms with Crippen LogP contribution in [0.25, 0.3) is 0 Å². The van der Waals surface area contributed by atoms with E-state index in [4.69, 9.17) is 0 Å². The van der Waals surface area contributed by atoms with E-state index < -0.39 is 0 Å². The normalized spacial score (nSPS) is 18.4. The molecule has 8 heteroatoms. The fourth-order valence-electron chi connectivity index (χ4n) is 4.01. The molecule has 0 aromatic carbocycles. The second-order valence-corrected chi connectivity index (χ2v) is 9.00. The highest BCUT2D eigenvalue weighted by Crippen LogP contribution is 2.18. The van der Waals surface area contributed by atoms with E-state index in [2.05, 4.69) is 62.3 Å². The Morgan fingerprint density at radius 3 is 2.72 bits per heavy atom. The van der Waals surface area contributed by atoms with Crippen LogP contribution in [-0.2, 0) is 13.0 Å². The van der Waals surface area contributed by atoms with Gasteiger partial charge in [-0.3, -0.25) is 9.89 Å². The van der Waals surface area contributed by atoms with Gasteiger partial charge < -0.3 is 15.2 Å². The molecule has 0 spiro atoms. The highest BCUT2D eigenvalue weighted by Gasteiger charge is 2.20. The van der Waals surface area contributed by atoms with Crippen molar-refractivity contribution in [3.63, 3.8) is 0 Å². The van der Waals surface area contributed by atoms with E-state index in [1.54, 1.807) is 11.8 Å². The largest absolute Gasteiger partial charge is 0.356 e. The van der Waals surface area contributed by atoms with E-state index in [0.29, 0.717) is 5.92 Å². The first kappa shape index (κ1) is 24.0. The molecule has 1 aromatic rings.